The van der Waals surface area contributed by atoms with Crippen molar-refractivity contribution in [1.82, 2.24) is 5.32 Å². The van der Waals surface area contributed by atoms with Gasteiger partial charge in [-0.3, -0.25) is 4.79 Å². The van der Waals surface area contributed by atoms with Gasteiger partial charge in [-0.25, -0.2) is 0 Å². The Bertz CT molecular complexity index is 474. The SMILES string of the molecule is Cl.O=C(CN1CCNc2ccccc21)NC1CCCCC1. The molecule has 0 atom stereocenters. The second-order valence-corrected chi connectivity index (χ2v) is 5.77. The number of amides is 1. The van der Waals surface area contributed by atoms with E-state index in [1.165, 1.54) is 19.3 Å². The van der Waals surface area contributed by atoms with E-state index in [2.05, 4.69) is 27.7 Å². The largest absolute Gasteiger partial charge is 0.382 e. The van der Waals surface area contributed by atoms with Gasteiger partial charge in [0.25, 0.3) is 0 Å². The van der Waals surface area contributed by atoms with Crippen LogP contribution < -0.4 is 15.5 Å². The van der Waals surface area contributed by atoms with Crippen LogP contribution in [0.1, 0.15) is 32.1 Å². The minimum atomic E-state index is 0. The minimum Gasteiger partial charge on any atom is -0.382 e. The van der Waals surface area contributed by atoms with Crippen LogP contribution in [0.4, 0.5) is 11.4 Å². The summed E-state index contributed by atoms with van der Waals surface area (Å²) in [6, 6.07) is 8.60. The molecule has 1 fully saturated rings. The third kappa shape index (κ3) is 4.03. The van der Waals surface area contributed by atoms with Crippen molar-refractivity contribution >= 4 is 29.7 Å². The fourth-order valence-electron chi connectivity index (χ4n) is 3.20. The lowest BCUT2D eigenvalue weighted by molar-refractivity contribution is -0.120. The molecule has 4 nitrogen and oxygen atoms in total. The zero-order valence-corrected chi connectivity index (χ0v) is 13.1. The smallest absolute Gasteiger partial charge is 0.239 e. The van der Waals surface area contributed by atoms with E-state index >= 15 is 0 Å². The number of carbonyl (C=O) groups excluding carboxylic acids is 1. The lowest BCUT2D eigenvalue weighted by atomic mass is 9.95. The maximum atomic E-state index is 12.2. The molecule has 1 heterocycles. The Kier molecular flexibility index (Phi) is 5.74. The topological polar surface area (TPSA) is 44.4 Å². The van der Waals surface area contributed by atoms with Gasteiger partial charge >= 0.3 is 0 Å². The van der Waals surface area contributed by atoms with Crippen molar-refractivity contribution in [3.63, 3.8) is 0 Å². The van der Waals surface area contributed by atoms with E-state index in [-0.39, 0.29) is 18.3 Å². The molecular weight excluding hydrogens is 286 g/mol. The zero-order valence-electron chi connectivity index (χ0n) is 12.3. The molecule has 1 amide bonds. The molecule has 116 valence electrons. The molecule has 0 unspecified atom stereocenters. The number of benzene rings is 1. The first kappa shape index (κ1) is 16.0. The number of fused-ring (bicyclic) bond motifs is 1. The van der Waals surface area contributed by atoms with Gasteiger partial charge < -0.3 is 15.5 Å². The average molecular weight is 310 g/mol. The standard InChI is InChI=1S/C16H23N3O.ClH/c20-16(18-13-6-2-1-3-7-13)12-19-11-10-17-14-8-4-5-9-15(14)19;/h4-5,8-9,13,17H,1-3,6-7,10-12H2,(H,18,20);1H. The fourth-order valence-corrected chi connectivity index (χ4v) is 3.20. The molecule has 1 saturated carbocycles. The van der Waals surface area contributed by atoms with Gasteiger partial charge in [0.2, 0.25) is 5.91 Å². The molecule has 21 heavy (non-hydrogen) atoms. The van der Waals surface area contributed by atoms with Crippen LogP contribution in [0.25, 0.3) is 0 Å². The summed E-state index contributed by atoms with van der Waals surface area (Å²) in [5.74, 6) is 0.161. The molecule has 5 heteroatoms. The highest BCUT2D eigenvalue weighted by Gasteiger charge is 2.20. The van der Waals surface area contributed by atoms with Gasteiger partial charge in [0, 0.05) is 19.1 Å². The van der Waals surface area contributed by atoms with Crippen LogP contribution in [0.5, 0.6) is 0 Å². The summed E-state index contributed by atoms with van der Waals surface area (Å²) >= 11 is 0. The summed E-state index contributed by atoms with van der Waals surface area (Å²) in [7, 11) is 0. The van der Waals surface area contributed by atoms with Crippen molar-refractivity contribution in [3.8, 4) is 0 Å². The van der Waals surface area contributed by atoms with Crippen LogP contribution in [0.3, 0.4) is 0 Å². The van der Waals surface area contributed by atoms with Crippen LogP contribution >= 0.6 is 12.4 Å². The second kappa shape index (κ2) is 7.55. The van der Waals surface area contributed by atoms with Crippen LogP contribution in [-0.2, 0) is 4.79 Å². The molecular formula is C16H24ClN3O. The first-order valence-corrected chi connectivity index (χ1v) is 7.70. The molecule has 0 aromatic heterocycles. The zero-order chi connectivity index (χ0) is 13.8. The van der Waals surface area contributed by atoms with Gasteiger partial charge in [0.1, 0.15) is 0 Å². The van der Waals surface area contributed by atoms with E-state index in [1.807, 2.05) is 12.1 Å². The number of nitrogens with one attached hydrogen (secondary N) is 2. The maximum absolute atomic E-state index is 12.2. The molecule has 0 saturated heterocycles. The molecule has 1 aliphatic heterocycles. The number of carbonyl (C=O) groups is 1. The Balaban J connectivity index is 0.00000161. The summed E-state index contributed by atoms with van der Waals surface area (Å²) in [6.07, 6.45) is 6.11. The number of nitrogens with zero attached hydrogens (tertiary/aromatic N) is 1. The van der Waals surface area contributed by atoms with Crippen molar-refractivity contribution < 1.29 is 4.79 Å². The van der Waals surface area contributed by atoms with Gasteiger partial charge in [0.15, 0.2) is 0 Å². The Morgan fingerprint density at radius 1 is 1.24 bits per heavy atom. The third-order valence-electron chi connectivity index (χ3n) is 4.25. The number of hydrogen-bond donors (Lipinski definition) is 2. The van der Waals surface area contributed by atoms with E-state index in [0.29, 0.717) is 12.6 Å². The van der Waals surface area contributed by atoms with Gasteiger partial charge in [-0.1, -0.05) is 31.4 Å². The molecule has 1 aliphatic carbocycles. The number of halogens is 1. The molecule has 1 aromatic carbocycles. The molecule has 3 rings (SSSR count). The second-order valence-electron chi connectivity index (χ2n) is 5.77. The van der Waals surface area contributed by atoms with E-state index in [9.17, 15) is 4.79 Å². The average Bonchev–Trinajstić information content (AvgIpc) is 2.48. The van der Waals surface area contributed by atoms with Crippen molar-refractivity contribution in [2.24, 2.45) is 0 Å². The fraction of sp³-hybridized carbons (Fsp3) is 0.562. The van der Waals surface area contributed by atoms with Crippen molar-refractivity contribution in [1.29, 1.82) is 0 Å². The number of hydrogen-bond acceptors (Lipinski definition) is 3. The highest BCUT2D eigenvalue weighted by atomic mass is 35.5. The summed E-state index contributed by atoms with van der Waals surface area (Å²) in [4.78, 5) is 14.4. The number of para-hydroxylation sites is 2. The molecule has 1 aromatic rings. The maximum Gasteiger partial charge on any atom is 0.239 e. The van der Waals surface area contributed by atoms with Gasteiger partial charge in [-0.05, 0) is 25.0 Å². The summed E-state index contributed by atoms with van der Waals surface area (Å²) in [6.45, 7) is 2.25. The van der Waals surface area contributed by atoms with Crippen molar-refractivity contribution in [3.05, 3.63) is 24.3 Å². The predicted octanol–water partition coefficient (Wildman–Crippen LogP) is 2.79. The molecule has 2 N–H and O–H groups in total. The predicted molar refractivity (Wildman–Crippen MR) is 89.4 cm³/mol. The summed E-state index contributed by atoms with van der Waals surface area (Å²) < 4.78 is 0. The quantitative estimate of drug-likeness (QED) is 0.902. The van der Waals surface area contributed by atoms with E-state index < -0.39 is 0 Å². The number of anilines is 2. The first-order chi connectivity index (χ1) is 9.83. The monoisotopic (exact) mass is 309 g/mol. The van der Waals surface area contributed by atoms with E-state index in [4.69, 9.17) is 0 Å². The minimum absolute atomic E-state index is 0. The lowest BCUT2D eigenvalue weighted by Crippen LogP contribution is -2.45. The van der Waals surface area contributed by atoms with Crippen LogP contribution in [0.2, 0.25) is 0 Å². The normalized spacial score (nSPS) is 18.2. The van der Waals surface area contributed by atoms with Crippen LogP contribution in [0.15, 0.2) is 24.3 Å². The number of rotatable bonds is 3. The van der Waals surface area contributed by atoms with E-state index in [1.54, 1.807) is 0 Å². The Hall–Kier alpha value is -1.42. The Morgan fingerprint density at radius 3 is 2.81 bits per heavy atom. The Labute approximate surface area is 132 Å². The third-order valence-corrected chi connectivity index (χ3v) is 4.25. The molecule has 2 aliphatic rings. The van der Waals surface area contributed by atoms with Gasteiger partial charge in [0.05, 0.1) is 17.9 Å². The molecule has 0 bridgehead atoms. The summed E-state index contributed by atoms with van der Waals surface area (Å²) in [5.41, 5.74) is 2.27. The van der Waals surface area contributed by atoms with Gasteiger partial charge in [-0.15, -0.1) is 12.4 Å². The molecule has 0 spiro atoms. The van der Waals surface area contributed by atoms with Gasteiger partial charge in [-0.2, -0.15) is 0 Å². The molecule has 0 radical (unpaired) electrons. The summed E-state index contributed by atoms with van der Waals surface area (Å²) in [5, 5.41) is 6.57. The first-order valence-electron chi connectivity index (χ1n) is 7.70. The highest BCUT2D eigenvalue weighted by Crippen LogP contribution is 2.28. The van der Waals surface area contributed by atoms with Crippen molar-refractivity contribution in [2.75, 3.05) is 29.9 Å². The lowest BCUT2D eigenvalue weighted by Gasteiger charge is -2.32. The van der Waals surface area contributed by atoms with E-state index in [0.717, 1.165) is 37.3 Å². The highest BCUT2D eigenvalue weighted by molar-refractivity contribution is 5.85. The van der Waals surface area contributed by atoms with Crippen molar-refractivity contribution in [2.45, 2.75) is 38.1 Å². The van der Waals surface area contributed by atoms with Crippen LogP contribution in [0, 0.1) is 0 Å². The Morgan fingerprint density at radius 2 is 2.00 bits per heavy atom. The van der Waals surface area contributed by atoms with Crippen LogP contribution in [-0.4, -0.2) is 31.6 Å².